The van der Waals surface area contributed by atoms with E-state index in [0.29, 0.717) is 23.1 Å². The molecule has 1 aromatic heterocycles. The summed E-state index contributed by atoms with van der Waals surface area (Å²) < 4.78 is 13.1. The van der Waals surface area contributed by atoms with E-state index in [1.807, 2.05) is 42.5 Å². The van der Waals surface area contributed by atoms with E-state index >= 15 is 0 Å². The molecule has 4 aromatic rings. The van der Waals surface area contributed by atoms with Gasteiger partial charge in [0, 0.05) is 10.8 Å². The van der Waals surface area contributed by atoms with E-state index in [0.717, 1.165) is 22.0 Å². The summed E-state index contributed by atoms with van der Waals surface area (Å²) in [5, 5.41) is 14.1. The first-order valence-corrected chi connectivity index (χ1v) is 11.6. The smallest absolute Gasteiger partial charge is 0.212 e. The fraction of sp³-hybridized carbons (Fsp3) is 0.160. The molecule has 33 heavy (non-hydrogen) atoms. The largest absolute Gasteiger partial charge is 0.493 e. The summed E-state index contributed by atoms with van der Waals surface area (Å²) in [6.45, 7) is 2.47. The van der Waals surface area contributed by atoms with E-state index < -0.39 is 0 Å². The van der Waals surface area contributed by atoms with Crippen LogP contribution in [0.3, 0.4) is 0 Å². The zero-order chi connectivity index (χ0) is 23.0. The molecule has 0 amide bonds. The molecule has 0 saturated heterocycles. The number of hydrogen-bond acceptors (Lipinski definition) is 6. The second-order valence-electron chi connectivity index (χ2n) is 7.31. The Labute approximate surface area is 202 Å². The van der Waals surface area contributed by atoms with Gasteiger partial charge in [0.05, 0.1) is 13.3 Å². The number of nitrogens with zero attached hydrogens (tertiary/aromatic N) is 4. The Morgan fingerprint density at radius 2 is 1.88 bits per heavy atom. The van der Waals surface area contributed by atoms with Gasteiger partial charge in [0.2, 0.25) is 5.16 Å². The highest BCUT2D eigenvalue weighted by molar-refractivity contribution is 7.98. The van der Waals surface area contributed by atoms with Gasteiger partial charge in [0.25, 0.3) is 0 Å². The molecule has 0 bridgehead atoms. The molecule has 4 rings (SSSR count). The highest BCUT2D eigenvalue weighted by Gasteiger charge is 2.08. The van der Waals surface area contributed by atoms with Gasteiger partial charge in [0.15, 0.2) is 11.5 Å². The number of benzene rings is 3. The van der Waals surface area contributed by atoms with Crippen LogP contribution in [-0.2, 0) is 12.4 Å². The lowest BCUT2D eigenvalue weighted by atomic mass is 10.2. The van der Waals surface area contributed by atoms with Crippen LogP contribution < -0.4 is 9.47 Å². The fourth-order valence-electron chi connectivity index (χ4n) is 3.03. The van der Waals surface area contributed by atoms with Crippen LogP contribution in [0, 0.1) is 6.92 Å². The van der Waals surface area contributed by atoms with Gasteiger partial charge in [-0.3, -0.25) is 0 Å². The predicted molar refractivity (Wildman–Crippen MR) is 133 cm³/mol. The lowest BCUT2D eigenvalue weighted by Gasteiger charge is -2.11. The van der Waals surface area contributed by atoms with Gasteiger partial charge < -0.3 is 9.47 Å². The van der Waals surface area contributed by atoms with Crippen LogP contribution in [0.15, 0.2) is 83.3 Å². The highest BCUT2D eigenvalue weighted by atomic mass is 35.5. The topological polar surface area (TPSA) is 61.5 Å². The maximum Gasteiger partial charge on any atom is 0.212 e. The molecule has 1 heterocycles. The normalized spacial score (nSPS) is 11.1. The summed E-state index contributed by atoms with van der Waals surface area (Å²) in [5.74, 6) is 2.06. The Bertz CT molecular complexity index is 1240. The van der Waals surface area contributed by atoms with Gasteiger partial charge in [-0.2, -0.15) is 9.78 Å². The average Bonchev–Trinajstić information content (AvgIpc) is 3.28. The lowest BCUT2D eigenvalue weighted by Crippen LogP contribution is -1.99. The van der Waals surface area contributed by atoms with Crippen LogP contribution in [0.4, 0.5) is 0 Å². The SMILES string of the molecule is COc1cc(/C=N/n2cnnc2SCc2ccc(C)cc2)ccc1OCc1cccc(Cl)c1. The molecule has 0 aliphatic rings. The number of hydrogen-bond donors (Lipinski definition) is 0. The van der Waals surface area contributed by atoms with Crippen LogP contribution in [0.1, 0.15) is 22.3 Å². The van der Waals surface area contributed by atoms with Gasteiger partial charge in [-0.05, 0) is 53.9 Å². The fourth-order valence-corrected chi connectivity index (χ4v) is 4.06. The van der Waals surface area contributed by atoms with E-state index in [9.17, 15) is 0 Å². The Balaban J connectivity index is 1.41. The van der Waals surface area contributed by atoms with Crippen LogP contribution in [0.2, 0.25) is 5.02 Å². The molecule has 0 N–H and O–H groups in total. The molecule has 3 aromatic carbocycles. The van der Waals surface area contributed by atoms with Gasteiger partial charge in [-0.1, -0.05) is 65.3 Å². The first-order valence-electron chi connectivity index (χ1n) is 10.3. The third-order valence-corrected chi connectivity index (χ3v) is 6.03. The Morgan fingerprint density at radius 3 is 2.67 bits per heavy atom. The molecule has 0 radical (unpaired) electrons. The van der Waals surface area contributed by atoms with Gasteiger partial charge in [0.1, 0.15) is 12.9 Å². The van der Waals surface area contributed by atoms with E-state index in [1.54, 1.807) is 36.1 Å². The Morgan fingerprint density at radius 1 is 1.03 bits per heavy atom. The minimum Gasteiger partial charge on any atom is -0.493 e. The quantitative estimate of drug-likeness (QED) is 0.218. The highest BCUT2D eigenvalue weighted by Crippen LogP contribution is 2.29. The van der Waals surface area contributed by atoms with Gasteiger partial charge in [-0.15, -0.1) is 10.2 Å². The van der Waals surface area contributed by atoms with Crippen molar-refractivity contribution in [2.75, 3.05) is 7.11 Å². The van der Waals surface area contributed by atoms with Crippen molar-refractivity contribution in [1.29, 1.82) is 0 Å². The molecule has 6 nitrogen and oxygen atoms in total. The number of halogens is 1. The lowest BCUT2D eigenvalue weighted by molar-refractivity contribution is 0.284. The van der Waals surface area contributed by atoms with Crippen molar-refractivity contribution in [3.8, 4) is 11.5 Å². The van der Waals surface area contributed by atoms with Crippen LogP contribution in [0.5, 0.6) is 11.5 Å². The number of rotatable bonds is 9. The Hall–Kier alpha value is -3.29. The summed E-state index contributed by atoms with van der Waals surface area (Å²) in [7, 11) is 1.61. The molecule has 0 saturated carbocycles. The molecule has 8 heteroatoms. The number of aryl methyl sites for hydroxylation is 1. The molecular weight excluding hydrogens is 456 g/mol. The molecule has 0 fully saturated rings. The third-order valence-electron chi connectivity index (χ3n) is 4.79. The van der Waals surface area contributed by atoms with Crippen molar-refractivity contribution in [3.05, 3.63) is 100 Å². The molecule has 0 spiro atoms. The summed E-state index contributed by atoms with van der Waals surface area (Å²) in [5.41, 5.74) is 4.32. The van der Waals surface area contributed by atoms with E-state index in [1.165, 1.54) is 11.1 Å². The summed E-state index contributed by atoms with van der Waals surface area (Å²) in [6.07, 6.45) is 3.33. The molecule has 0 aliphatic heterocycles. The number of methoxy groups -OCH3 is 1. The maximum atomic E-state index is 6.04. The van der Waals surface area contributed by atoms with E-state index in [2.05, 4.69) is 46.5 Å². The van der Waals surface area contributed by atoms with Crippen molar-refractivity contribution in [2.45, 2.75) is 24.4 Å². The molecule has 168 valence electrons. The standard InChI is InChI=1S/C25H23ClN4O2S/c1-18-6-8-19(9-7-18)16-33-25-29-27-17-30(25)28-14-20-10-11-23(24(13-20)31-2)32-15-21-4-3-5-22(26)12-21/h3-14,17H,15-16H2,1-2H3/b28-14+. The van der Waals surface area contributed by atoms with Crippen LogP contribution in [-0.4, -0.2) is 28.2 Å². The van der Waals surface area contributed by atoms with Crippen molar-refractivity contribution in [1.82, 2.24) is 14.9 Å². The second kappa shape index (κ2) is 11.0. The summed E-state index contributed by atoms with van der Waals surface area (Å²) in [4.78, 5) is 0. The average molecular weight is 479 g/mol. The second-order valence-corrected chi connectivity index (χ2v) is 8.68. The van der Waals surface area contributed by atoms with Crippen molar-refractivity contribution < 1.29 is 9.47 Å². The number of thioether (sulfide) groups is 1. The monoisotopic (exact) mass is 478 g/mol. The molecule has 0 atom stereocenters. The first kappa shape index (κ1) is 22.9. The van der Waals surface area contributed by atoms with Crippen LogP contribution in [0.25, 0.3) is 0 Å². The maximum absolute atomic E-state index is 6.04. The number of aromatic nitrogens is 3. The third kappa shape index (κ3) is 6.37. The summed E-state index contributed by atoms with van der Waals surface area (Å²) in [6, 6.07) is 21.7. The molecule has 0 unspecified atom stereocenters. The molecular formula is C25H23ClN4O2S. The van der Waals surface area contributed by atoms with Crippen LogP contribution >= 0.6 is 23.4 Å². The van der Waals surface area contributed by atoms with E-state index in [4.69, 9.17) is 21.1 Å². The van der Waals surface area contributed by atoms with Gasteiger partial charge in [-0.25, -0.2) is 0 Å². The number of ether oxygens (including phenoxy) is 2. The van der Waals surface area contributed by atoms with Gasteiger partial charge >= 0.3 is 0 Å². The zero-order valence-corrected chi connectivity index (χ0v) is 19.9. The van der Waals surface area contributed by atoms with E-state index in [-0.39, 0.29) is 0 Å². The minimum absolute atomic E-state index is 0.395. The molecule has 0 aliphatic carbocycles. The Kier molecular flexibility index (Phi) is 7.65. The van der Waals surface area contributed by atoms with Crippen molar-refractivity contribution in [2.24, 2.45) is 5.10 Å². The van der Waals surface area contributed by atoms with Crippen molar-refractivity contribution in [3.63, 3.8) is 0 Å². The first-order chi connectivity index (χ1) is 16.1. The summed E-state index contributed by atoms with van der Waals surface area (Å²) >= 11 is 7.63. The zero-order valence-electron chi connectivity index (χ0n) is 18.3. The van der Waals surface area contributed by atoms with Crippen molar-refractivity contribution >= 4 is 29.6 Å². The predicted octanol–water partition coefficient (Wildman–Crippen LogP) is 6.00. The minimum atomic E-state index is 0.395.